The molecule has 2 rings (SSSR count). The number of halogens is 1. The van der Waals surface area contributed by atoms with E-state index < -0.39 is 11.8 Å². The van der Waals surface area contributed by atoms with Crippen molar-refractivity contribution in [2.75, 3.05) is 18.4 Å². The van der Waals surface area contributed by atoms with E-state index in [1.54, 1.807) is 13.0 Å². The van der Waals surface area contributed by atoms with Gasteiger partial charge in [0.1, 0.15) is 5.82 Å². The number of anilines is 1. The molecular formula is C13H15FN2O3. The van der Waals surface area contributed by atoms with Crippen molar-refractivity contribution in [3.8, 4) is 0 Å². The summed E-state index contributed by atoms with van der Waals surface area (Å²) >= 11 is 0. The van der Waals surface area contributed by atoms with Gasteiger partial charge >= 0.3 is 12.0 Å². The molecule has 1 aromatic carbocycles. The second-order valence-electron chi connectivity index (χ2n) is 4.76. The Hall–Kier alpha value is -2.11. The maximum Gasteiger partial charge on any atom is 0.321 e. The third-order valence-corrected chi connectivity index (χ3v) is 3.15. The Kier molecular flexibility index (Phi) is 3.69. The quantitative estimate of drug-likeness (QED) is 0.880. The van der Waals surface area contributed by atoms with Crippen molar-refractivity contribution in [3.05, 3.63) is 29.6 Å². The van der Waals surface area contributed by atoms with Crippen LogP contribution in [0.5, 0.6) is 0 Å². The normalized spacial score (nSPS) is 14.9. The van der Waals surface area contributed by atoms with Crippen LogP contribution in [0, 0.1) is 18.7 Å². The third-order valence-electron chi connectivity index (χ3n) is 3.15. The molecule has 0 unspecified atom stereocenters. The molecule has 1 saturated heterocycles. The summed E-state index contributed by atoms with van der Waals surface area (Å²) in [4.78, 5) is 23.8. The zero-order valence-corrected chi connectivity index (χ0v) is 10.5. The first-order chi connectivity index (χ1) is 8.95. The molecule has 1 aliphatic heterocycles. The monoisotopic (exact) mass is 266 g/mol. The van der Waals surface area contributed by atoms with Crippen molar-refractivity contribution in [2.45, 2.75) is 13.3 Å². The lowest BCUT2D eigenvalue weighted by Crippen LogP contribution is -2.52. The molecule has 1 aliphatic rings. The van der Waals surface area contributed by atoms with Crippen molar-refractivity contribution in [3.63, 3.8) is 0 Å². The fraction of sp³-hybridized carbons (Fsp3) is 0.385. The van der Waals surface area contributed by atoms with Crippen LogP contribution in [0.1, 0.15) is 12.0 Å². The first-order valence-corrected chi connectivity index (χ1v) is 5.99. The predicted octanol–water partition coefficient (Wildman–Crippen LogP) is 2.07. The topological polar surface area (TPSA) is 69.6 Å². The number of rotatable bonds is 3. The molecule has 19 heavy (non-hydrogen) atoms. The number of urea groups is 1. The molecule has 0 aromatic heterocycles. The van der Waals surface area contributed by atoms with Gasteiger partial charge in [-0.3, -0.25) is 4.79 Å². The highest BCUT2D eigenvalue weighted by atomic mass is 19.1. The first kappa shape index (κ1) is 13.3. The number of aryl methyl sites for hydroxylation is 1. The van der Waals surface area contributed by atoms with Crippen molar-refractivity contribution >= 4 is 17.7 Å². The molecule has 6 heteroatoms. The van der Waals surface area contributed by atoms with Gasteiger partial charge in [-0.1, -0.05) is 6.07 Å². The van der Waals surface area contributed by atoms with E-state index in [0.29, 0.717) is 18.8 Å². The van der Waals surface area contributed by atoms with E-state index in [-0.39, 0.29) is 18.4 Å². The van der Waals surface area contributed by atoms with Crippen LogP contribution in [0.2, 0.25) is 0 Å². The smallest absolute Gasteiger partial charge is 0.321 e. The molecule has 0 radical (unpaired) electrons. The number of carbonyl (C=O) groups excluding carboxylic acids is 1. The Labute approximate surface area is 110 Å². The number of hydrogen-bond acceptors (Lipinski definition) is 2. The molecule has 0 spiro atoms. The van der Waals surface area contributed by atoms with E-state index in [1.165, 1.54) is 17.0 Å². The highest BCUT2D eigenvalue weighted by Crippen LogP contribution is 2.22. The van der Waals surface area contributed by atoms with Crippen LogP contribution < -0.4 is 5.32 Å². The minimum absolute atomic E-state index is 0.0110. The Bertz CT molecular complexity index is 513. The maximum atomic E-state index is 13.1. The standard InChI is InChI=1S/C13H15FN2O3/c1-8-2-3-10(14)5-11(8)15-13(19)16-6-9(7-16)4-12(17)18/h2-3,5,9H,4,6-7H2,1H3,(H,15,19)(H,17,18). The van der Waals surface area contributed by atoms with Gasteiger partial charge in [-0.15, -0.1) is 0 Å². The van der Waals surface area contributed by atoms with Crippen molar-refractivity contribution in [2.24, 2.45) is 5.92 Å². The van der Waals surface area contributed by atoms with Crippen molar-refractivity contribution < 1.29 is 19.1 Å². The van der Waals surface area contributed by atoms with Gasteiger partial charge in [0.25, 0.3) is 0 Å². The highest BCUT2D eigenvalue weighted by molar-refractivity contribution is 5.90. The second-order valence-corrected chi connectivity index (χ2v) is 4.76. The number of carbonyl (C=O) groups is 2. The molecule has 0 bridgehead atoms. The summed E-state index contributed by atoms with van der Waals surface area (Å²) in [6.07, 6.45) is 0.0722. The highest BCUT2D eigenvalue weighted by Gasteiger charge is 2.32. The summed E-state index contributed by atoms with van der Waals surface area (Å²) in [7, 11) is 0. The molecular weight excluding hydrogens is 251 g/mol. The molecule has 0 aliphatic carbocycles. The summed E-state index contributed by atoms with van der Waals surface area (Å²) in [6, 6.07) is 3.86. The summed E-state index contributed by atoms with van der Waals surface area (Å²) in [6.45, 7) is 2.62. The first-order valence-electron chi connectivity index (χ1n) is 5.99. The van der Waals surface area contributed by atoms with Crippen LogP contribution in [0.15, 0.2) is 18.2 Å². The molecule has 1 aromatic rings. The van der Waals surface area contributed by atoms with Crippen LogP contribution in [-0.2, 0) is 4.79 Å². The van der Waals surface area contributed by atoms with E-state index in [1.807, 2.05) is 0 Å². The molecule has 2 N–H and O–H groups in total. The number of carboxylic acid groups (broad SMARTS) is 1. The van der Waals surface area contributed by atoms with Crippen LogP contribution in [0.3, 0.4) is 0 Å². The average molecular weight is 266 g/mol. The van der Waals surface area contributed by atoms with E-state index in [2.05, 4.69) is 5.32 Å². The number of benzene rings is 1. The van der Waals surface area contributed by atoms with E-state index in [0.717, 1.165) is 5.56 Å². The maximum absolute atomic E-state index is 13.1. The average Bonchev–Trinajstić information content (AvgIpc) is 2.27. The lowest BCUT2D eigenvalue weighted by atomic mass is 9.97. The molecule has 1 fully saturated rings. The van der Waals surface area contributed by atoms with Gasteiger partial charge in [0.2, 0.25) is 0 Å². The van der Waals surface area contributed by atoms with Gasteiger partial charge in [0, 0.05) is 24.7 Å². The predicted molar refractivity (Wildman–Crippen MR) is 67.5 cm³/mol. The fourth-order valence-electron chi connectivity index (χ4n) is 2.03. The van der Waals surface area contributed by atoms with E-state index in [4.69, 9.17) is 5.11 Å². The van der Waals surface area contributed by atoms with Gasteiger partial charge in [-0.05, 0) is 24.6 Å². The van der Waals surface area contributed by atoms with Crippen LogP contribution in [0.25, 0.3) is 0 Å². The number of carboxylic acids is 1. The lowest BCUT2D eigenvalue weighted by Gasteiger charge is -2.38. The molecule has 0 atom stereocenters. The minimum atomic E-state index is -0.856. The zero-order chi connectivity index (χ0) is 14.0. The van der Waals surface area contributed by atoms with E-state index in [9.17, 15) is 14.0 Å². The van der Waals surface area contributed by atoms with Gasteiger partial charge in [-0.25, -0.2) is 9.18 Å². The number of nitrogens with one attached hydrogen (secondary N) is 1. The molecule has 102 valence electrons. The number of amides is 2. The fourth-order valence-corrected chi connectivity index (χ4v) is 2.03. The van der Waals surface area contributed by atoms with Gasteiger partial charge < -0.3 is 15.3 Å². The number of aliphatic carboxylic acids is 1. The summed E-state index contributed by atoms with van der Waals surface area (Å²) in [5.41, 5.74) is 1.21. The molecule has 2 amide bonds. The Morgan fingerprint density at radius 1 is 1.47 bits per heavy atom. The minimum Gasteiger partial charge on any atom is -0.481 e. The summed E-state index contributed by atoms with van der Waals surface area (Å²) < 4.78 is 13.1. The lowest BCUT2D eigenvalue weighted by molar-refractivity contribution is -0.139. The van der Waals surface area contributed by atoms with Gasteiger partial charge in [0.05, 0.1) is 6.42 Å². The summed E-state index contributed by atoms with van der Waals surface area (Å²) in [5.74, 6) is -1.25. The van der Waals surface area contributed by atoms with Crippen LogP contribution in [-0.4, -0.2) is 35.1 Å². The SMILES string of the molecule is Cc1ccc(F)cc1NC(=O)N1CC(CC(=O)O)C1. The van der Waals surface area contributed by atoms with Gasteiger partial charge in [-0.2, -0.15) is 0 Å². The number of nitrogens with zero attached hydrogens (tertiary/aromatic N) is 1. The second kappa shape index (κ2) is 5.26. The Morgan fingerprint density at radius 3 is 2.79 bits per heavy atom. The molecule has 5 nitrogen and oxygen atoms in total. The van der Waals surface area contributed by atoms with Crippen molar-refractivity contribution in [1.82, 2.24) is 4.90 Å². The zero-order valence-electron chi connectivity index (χ0n) is 10.5. The molecule has 0 saturated carbocycles. The van der Waals surface area contributed by atoms with Crippen molar-refractivity contribution in [1.29, 1.82) is 0 Å². The van der Waals surface area contributed by atoms with Gasteiger partial charge in [0.15, 0.2) is 0 Å². The van der Waals surface area contributed by atoms with Crippen LogP contribution >= 0.6 is 0 Å². The summed E-state index contributed by atoms with van der Waals surface area (Å²) in [5, 5.41) is 11.2. The van der Waals surface area contributed by atoms with E-state index >= 15 is 0 Å². The Morgan fingerprint density at radius 2 is 2.16 bits per heavy atom. The molecule has 1 heterocycles. The van der Waals surface area contributed by atoms with Crippen LogP contribution in [0.4, 0.5) is 14.9 Å². The largest absolute Gasteiger partial charge is 0.481 e. The number of likely N-dealkylation sites (tertiary alicyclic amines) is 1. The number of hydrogen-bond donors (Lipinski definition) is 2. The Balaban J connectivity index is 1.89. The third kappa shape index (κ3) is 3.21.